The Morgan fingerprint density at radius 3 is 2.54 bits per heavy atom. The average Bonchev–Trinajstić information content (AvgIpc) is 3.25. The molecule has 0 saturated carbocycles. The fraction of sp³-hybridized carbons (Fsp3) is 0.381. The van der Waals surface area contributed by atoms with Crippen LogP contribution in [0.4, 0.5) is 0 Å². The van der Waals surface area contributed by atoms with Crippen LogP contribution in [0.2, 0.25) is 0 Å². The summed E-state index contributed by atoms with van der Waals surface area (Å²) in [7, 11) is 1.94. The summed E-state index contributed by atoms with van der Waals surface area (Å²) in [5, 5.41) is 3.57. The molecule has 2 heterocycles. The molecule has 0 spiro atoms. The molecule has 2 aromatic rings. The molecule has 3 nitrogen and oxygen atoms in total. The van der Waals surface area contributed by atoms with E-state index in [1.54, 1.807) is 0 Å². The lowest BCUT2D eigenvalue weighted by atomic mass is 9.88. The molecule has 2 aromatic carbocycles. The summed E-state index contributed by atoms with van der Waals surface area (Å²) in [6.45, 7) is 0.664. The summed E-state index contributed by atoms with van der Waals surface area (Å²) in [6.07, 6.45) is 3.39. The molecule has 1 N–H and O–H groups in total. The van der Waals surface area contributed by atoms with Crippen molar-refractivity contribution in [1.82, 2.24) is 10.2 Å². The number of rotatable bonds is 4. The molecule has 0 radical (unpaired) electrons. The number of hydrogen-bond donors (Lipinski definition) is 1. The van der Waals surface area contributed by atoms with Crippen LogP contribution in [0.5, 0.6) is 0 Å². The van der Waals surface area contributed by atoms with Crippen molar-refractivity contribution in [2.24, 2.45) is 5.92 Å². The van der Waals surface area contributed by atoms with Gasteiger partial charge in [0.1, 0.15) is 0 Å². The minimum Gasteiger partial charge on any atom is -0.341 e. The lowest BCUT2D eigenvalue weighted by Gasteiger charge is -2.26. The van der Waals surface area contributed by atoms with Gasteiger partial charge in [-0.05, 0) is 36.0 Å². The summed E-state index contributed by atoms with van der Waals surface area (Å²) < 4.78 is 0. The van der Waals surface area contributed by atoms with E-state index in [2.05, 4.69) is 53.8 Å². The highest BCUT2D eigenvalue weighted by Crippen LogP contribution is 2.34. The van der Waals surface area contributed by atoms with E-state index >= 15 is 0 Å². The molecule has 0 unspecified atom stereocenters. The van der Waals surface area contributed by atoms with Crippen LogP contribution in [-0.2, 0) is 11.3 Å². The first-order valence-corrected chi connectivity index (χ1v) is 8.87. The highest BCUT2D eigenvalue weighted by molar-refractivity contribution is 5.80. The average molecular weight is 320 g/mol. The van der Waals surface area contributed by atoms with Crippen molar-refractivity contribution >= 4 is 5.91 Å². The van der Waals surface area contributed by atoms with Gasteiger partial charge in [0.2, 0.25) is 5.91 Å². The van der Waals surface area contributed by atoms with Gasteiger partial charge in [-0.25, -0.2) is 0 Å². The van der Waals surface area contributed by atoms with Crippen molar-refractivity contribution in [3.8, 4) is 11.1 Å². The van der Waals surface area contributed by atoms with Crippen molar-refractivity contribution in [2.75, 3.05) is 7.05 Å². The molecule has 1 amide bonds. The van der Waals surface area contributed by atoms with Gasteiger partial charge in [-0.3, -0.25) is 4.79 Å². The molecular weight excluding hydrogens is 296 g/mol. The van der Waals surface area contributed by atoms with E-state index in [-0.39, 0.29) is 11.8 Å². The molecule has 0 aromatic heterocycles. The fourth-order valence-electron chi connectivity index (χ4n) is 4.27. The third kappa shape index (κ3) is 2.84. The maximum Gasteiger partial charge on any atom is 0.227 e. The van der Waals surface area contributed by atoms with Gasteiger partial charge in [0.05, 0.1) is 5.92 Å². The Morgan fingerprint density at radius 2 is 1.83 bits per heavy atom. The number of hydrogen-bond acceptors (Lipinski definition) is 2. The molecule has 2 fully saturated rings. The third-order valence-corrected chi connectivity index (χ3v) is 5.50. The maximum atomic E-state index is 12.9. The topological polar surface area (TPSA) is 32.3 Å². The minimum absolute atomic E-state index is 0.164. The molecule has 4 rings (SSSR count). The Kier molecular flexibility index (Phi) is 4.11. The standard InChI is InChI=1S/C21H24N2O/c1-23(21(24)19-13-17-11-12-20(19)22-17)14-16-9-5-6-10-18(16)15-7-3-2-4-8-15/h2-10,17,19-20,22H,11-14H2,1H3/t17-,19+,20+/m0/s1. The van der Waals surface area contributed by atoms with Gasteiger partial charge in [0, 0.05) is 25.7 Å². The number of nitrogens with zero attached hydrogens (tertiary/aromatic N) is 1. The van der Waals surface area contributed by atoms with Crippen molar-refractivity contribution in [3.63, 3.8) is 0 Å². The van der Waals surface area contributed by atoms with E-state index in [0.717, 1.165) is 12.8 Å². The first-order valence-electron chi connectivity index (χ1n) is 8.87. The Balaban J connectivity index is 1.52. The molecular formula is C21H24N2O. The largest absolute Gasteiger partial charge is 0.341 e. The van der Waals surface area contributed by atoms with Crippen molar-refractivity contribution in [2.45, 2.75) is 37.9 Å². The fourth-order valence-corrected chi connectivity index (χ4v) is 4.27. The number of amides is 1. The van der Waals surface area contributed by atoms with E-state index in [1.807, 2.05) is 18.0 Å². The Morgan fingerprint density at radius 1 is 1.08 bits per heavy atom. The second-order valence-corrected chi connectivity index (χ2v) is 7.11. The first kappa shape index (κ1) is 15.4. The van der Waals surface area contributed by atoms with Crippen LogP contribution < -0.4 is 5.32 Å². The second-order valence-electron chi connectivity index (χ2n) is 7.11. The Hall–Kier alpha value is -2.13. The van der Waals surface area contributed by atoms with E-state index in [9.17, 15) is 4.79 Å². The van der Waals surface area contributed by atoms with Gasteiger partial charge >= 0.3 is 0 Å². The number of fused-ring (bicyclic) bond motifs is 2. The molecule has 2 aliphatic heterocycles. The number of nitrogens with one attached hydrogen (secondary N) is 1. The van der Waals surface area contributed by atoms with E-state index < -0.39 is 0 Å². The molecule has 24 heavy (non-hydrogen) atoms. The van der Waals surface area contributed by atoms with Crippen LogP contribution in [0.3, 0.4) is 0 Å². The summed E-state index contributed by atoms with van der Waals surface area (Å²) in [6, 6.07) is 19.7. The number of benzene rings is 2. The Labute approximate surface area is 143 Å². The summed E-state index contributed by atoms with van der Waals surface area (Å²) in [5.74, 6) is 0.454. The zero-order chi connectivity index (χ0) is 16.5. The van der Waals surface area contributed by atoms with Gasteiger partial charge in [-0.1, -0.05) is 54.6 Å². The van der Waals surface area contributed by atoms with Gasteiger partial charge in [-0.2, -0.15) is 0 Å². The SMILES string of the molecule is CN(Cc1ccccc1-c1ccccc1)C(=O)[C@@H]1C[C@@H]2CC[C@H]1N2. The second kappa shape index (κ2) is 6.40. The van der Waals surface area contributed by atoms with Crippen LogP contribution in [0.15, 0.2) is 54.6 Å². The van der Waals surface area contributed by atoms with Crippen LogP contribution >= 0.6 is 0 Å². The molecule has 2 bridgehead atoms. The Bertz CT molecular complexity index is 728. The summed E-state index contributed by atoms with van der Waals surface area (Å²) in [4.78, 5) is 14.8. The zero-order valence-electron chi connectivity index (χ0n) is 14.1. The summed E-state index contributed by atoms with van der Waals surface area (Å²) >= 11 is 0. The monoisotopic (exact) mass is 320 g/mol. The molecule has 0 aliphatic carbocycles. The van der Waals surface area contributed by atoms with Gasteiger partial charge in [0.25, 0.3) is 0 Å². The highest BCUT2D eigenvalue weighted by Gasteiger charge is 2.43. The van der Waals surface area contributed by atoms with Gasteiger partial charge in [-0.15, -0.1) is 0 Å². The minimum atomic E-state index is 0.164. The molecule has 124 valence electrons. The lowest BCUT2D eigenvalue weighted by Crippen LogP contribution is -2.38. The van der Waals surface area contributed by atoms with Gasteiger partial charge in [0.15, 0.2) is 0 Å². The first-order chi connectivity index (χ1) is 11.7. The maximum absolute atomic E-state index is 12.9. The van der Waals surface area contributed by atoms with Gasteiger partial charge < -0.3 is 10.2 Å². The van der Waals surface area contributed by atoms with E-state index in [4.69, 9.17) is 0 Å². The quantitative estimate of drug-likeness (QED) is 0.936. The van der Waals surface area contributed by atoms with Crippen LogP contribution in [0.1, 0.15) is 24.8 Å². The molecule has 2 saturated heterocycles. The number of carbonyl (C=O) groups is 1. The van der Waals surface area contributed by atoms with Crippen molar-refractivity contribution in [1.29, 1.82) is 0 Å². The lowest BCUT2D eigenvalue weighted by molar-refractivity contribution is -0.135. The highest BCUT2D eigenvalue weighted by atomic mass is 16.2. The zero-order valence-corrected chi connectivity index (χ0v) is 14.1. The molecule has 3 heteroatoms. The predicted octanol–water partition coefficient (Wildman–Crippen LogP) is 3.45. The van der Waals surface area contributed by atoms with E-state index in [1.165, 1.54) is 23.1 Å². The van der Waals surface area contributed by atoms with Crippen LogP contribution in [-0.4, -0.2) is 29.9 Å². The van der Waals surface area contributed by atoms with Crippen molar-refractivity contribution in [3.05, 3.63) is 60.2 Å². The normalized spacial score (nSPS) is 25.0. The van der Waals surface area contributed by atoms with Crippen LogP contribution in [0, 0.1) is 5.92 Å². The summed E-state index contributed by atoms with van der Waals surface area (Å²) in [5.41, 5.74) is 3.62. The van der Waals surface area contributed by atoms with E-state index in [0.29, 0.717) is 18.6 Å². The smallest absolute Gasteiger partial charge is 0.227 e. The molecule has 3 atom stereocenters. The van der Waals surface area contributed by atoms with Crippen molar-refractivity contribution < 1.29 is 4.79 Å². The number of carbonyl (C=O) groups excluding carboxylic acids is 1. The van der Waals surface area contributed by atoms with Crippen LogP contribution in [0.25, 0.3) is 11.1 Å². The third-order valence-electron chi connectivity index (χ3n) is 5.50. The predicted molar refractivity (Wildman–Crippen MR) is 96.4 cm³/mol. The molecule has 2 aliphatic rings.